The fourth-order valence-electron chi connectivity index (χ4n) is 1.05. The fourth-order valence-corrected chi connectivity index (χ4v) is 1.05. The quantitative estimate of drug-likeness (QED) is 0.529. The number of hydrogen-bond donors (Lipinski definition) is 0. The Balaban J connectivity index is 2.48. The van der Waals surface area contributed by atoms with Crippen LogP contribution in [0.2, 0.25) is 0 Å². The van der Waals surface area contributed by atoms with E-state index in [1.807, 2.05) is 0 Å². The van der Waals surface area contributed by atoms with E-state index >= 15 is 0 Å². The van der Waals surface area contributed by atoms with E-state index < -0.39 is 12.4 Å². The Hall–Kier alpha value is -0.405. The summed E-state index contributed by atoms with van der Waals surface area (Å²) in [4.78, 5) is 0. The van der Waals surface area contributed by atoms with Crippen molar-refractivity contribution in [3.05, 3.63) is 12.1 Å². The summed E-state index contributed by atoms with van der Waals surface area (Å²) < 4.78 is 35.7. The van der Waals surface area contributed by atoms with Crippen LogP contribution in [0.4, 0.5) is 12.9 Å². The molecule has 1 aliphatic carbocycles. The van der Waals surface area contributed by atoms with Gasteiger partial charge >= 0.3 is 6.98 Å². The van der Waals surface area contributed by atoms with Crippen molar-refractivity contribution >= 4 is 6.98 Å². The van der Waals surface area contributed by atoms with Crippen LogP contribution in [0.3, 0.4) is 0 Å². The second-order valence-corrected chi connectivity index (χ2v) is 2.78. The van der Waals surface area contributed by atoms with Crippen LogP contribution in [-0.2, 0) is 0 Å². The minimum atomic E-state index is -4.76. The second kappa shape index (κ2) is 2.33. The Bertz CT molecular complexity index is 146. The molecule has 0 heterocycles. The molecule has 0 unspecified atom stereocenters. The van der Waals surface area contributed by atoms with Gasteiger partial charge in [-0.3, -0.25) is 0 Å². The highest BCUT2D eigenvalue weighted by Gasteiger charge is 2.34. The molecule has 0 N–H and O–H groups in total. The molecule has 1 saturated carbocycles. The van der Waals surface area contributed by atoms with Crippen LogP contribution in [0.15, 0.2) is 12.1 Å². The van der Waals surface area contributed by atoms with Crippen LogP contribution in [0.5, 0.6) is 0 Å². The summed E-state index contributed by atoms with van der Waals surface area (Å²) in [5.74, 6) is -0.250. The van der Waals surface area contributed by atoms with Crippen molar-refractivity contribution in [2.24, 2.45) is 5.92 Å². The Morgan fingerprint density at radius 3 is 1.90 bits per heavy atom. The maximum atomic E-state index is 11.9. The maximum absolute atomic E-state index is 11.9. The largest absolute Gasteiger partial charge is 0.505 e. The van der Waals surface area contributed by atoms with Crippen LogP contribution in [0.25, 0.3) is 0 Å². The van der Waals surface area contributed by atoms with Crippen molar-refractivity contribution in [3.63, 3.8) is 0 Å². The molecular formula is C6H9BF3-. The molecule has 0 aliphatic heterocycles. The number of halogens is 3. The van der Waals surface area contributed by atoms with Gasteiger partial charge in [-0.25, -0.2) is 0 Å². The number of allylic oxidation sites excluding steroid dienone is 1. The summed E-state index contributed by atoms with van der Waals surface area (Å²) in [5, 5.41) is 0. The predicted octanol–water partition coefficient (Wildman–Crippen LogP) is 2.73. The van der Waals surface area contributed by atoms with Gasteiger partial charge in [-0.05, 0) is 18.8 Å². The lowest BCUT2D eigenvalue weighted by molar-refractivity contribution is 0.356. The van der Waals surface area contributed by atoms with Crippen LogP contribution < -0.4 is 0 Å². The highest BCUT2D eigenvalue weighted by molar-refractivity contribution is 6.66. The topological polar surface area (TPSA) is 0 Å². The zero-order valence-electron chi connectivity index (χ0n) is 5.62. The van der Waals surface area contributed by atoms with Crippen molar-refractivity contribution in [2.75, 3.05) is 0 Å². The first-order valence-electron chi connectivity index (χ1n) is 3.40. The van der Waals surface area contributed by atoms with Gasteiger partial charge in [-0.2, -0.15) is 0 Å². The summed E-state index contributed by atoms with van der Waals surface area (Å²) >= 11 is 0. The van der Waals surface area contributed by atoms with Gasteiger partial charge in [0.1, 0.15) is 0 Å². The Kier molecular flexibility index (Phi) is 1.79. The highest BCUT2D eigenvalue weighted by Crippen LogP contribution is 2.37. The van der Waals surface area contributed by atoms with Gasteiger partial charge in [0.2, 0.25) is 0 Å². The van der Waals surface area contributed by atoms with Crippen molar-refractivity contribution in [1.29, 1.82) is 0 Å². The summed E-state index contributed by atoms with van der Waals surface area (Å²) in [6.45, 7) is -1.71. The second-order valence-electron chi connectivity index (χ2n) is 2.78. The average Bonchev–Trinajstić information content (AvgIpc) is 1.57. The third-order valence-electron chi connectivity index (χ3n) is 2.05. The van der Waals surface area contributed by atoms with E-state index in [0.29, 0.717) is 12.8 Å². The minimum Gasteiger partial charge on any atom is -0.445 e. The standard InChI is InChI=1S/C6H9BF3/c1-5(7(8,9)10)6-3-2-4-6/h6H,1-4H2/q-1. The molecule has 0 amide bonds. The molecule has 0 radical (unpaired) electrons. The molecule has 0 atom stereocenters. The molecule has 0 aromatic heterocycles. The van der Waals surface area contributed by atoms with Crippen molar-refractivity contribution in [2.45, 2.75) is 19.3 Å². The smallest absolute Gasteiger partial charge is 0.445 e. The number of hydrogen-bond acceptors (Lipinski definition) is 0. The molecule has 0 aromatic rings. The SMILES string of the molecule is C=C(C1CCC1)[B-](F)(F)F. The summed E-state index contributed by atoms with van der Waals surface area (Å²) in [7, 11) is 0. The van der Waals surface area contributed by atoms with Crippen LogP contribution in [0, 0.1) is 5.92 Å². The van der Waals surface area contributed by atoms with E-state index in [9.17, 15) is 12.9 Å². The summed E-state index contributed by atoms with van der Waals surface area (Å²) in [6.07, 6.45) is 2.29. The van der Waals surface area contributed by atoms with Gasteiger partial charge < -0.3 is 12.9 Å². The maximum Gasteiger partial charge on any atom is 0.505 e. The van der Waals surface area contributed by atoms with Gasteiger partial charge in [0.25, 0.3) is 0 Å². The van der Waals surface area contributed by atoms with Gasteiger partial charge in [-0.15, -0.1) is 12.1 Å². The molecule has 1 rings (SSSR count). The molecule has 4 heteroatoms. The van der Waals surface area contributed by atoms with Gasteiger partial charge in [0.15, 0.2) is 0 Å². The molecule has 0 saturated heterocycles. The highest BCUT2D eigenvalue weighted by atomic mass is 19.4. The van der Waals surface area contributed by atoms with E-state index in [2.05, 4.69) is 6.58 Å². The monoisotopic (exact) mass is 149 g/mol. The molecule has 58 valence electrons. The molecule has 0 spiro atoms. The minimum absolute atomic E-state index is 0.250. The molecule has 0 nitrogen and oxygen atoms in total. The Labute approximate surface area is 58.2 Å². The van der Waals surface area contributed by atoms with Crippen molar-refractivity contribution in [1.82, 2.24) is 0 Å². The Morgan fingerprint density at radius 1 is 1.30 bits per heavy atom. The van der Waals surface area contributed by atoms with Crippen LogP contribution >= 0.6 is 0 Å². The molecule has 1 aliphatic rings. The molecule has 1 fully saturated rings. The molecule has 10 heavy (non-hydrogen) atoms. The van der Waals surface area contributed by atoms with E-state index in [-0.39, 0.29) is 5.92 Å². The van der Waals surface area contributed by atoms with E-state index in [4.69, 9.17) is 0 Å². The van der Waals surface area contributed by atoms with E-state index in [0.717, 1.165) is 6.42 Å². The summed E-state index contributed by atoms with van der Waals surface area (Å²) in [5.41, 5.74) is -0.480. The normalized spacial score (nSPS) is 20.3. The predicted molar refractivity (Wildman–Crippen MR) is 35.6 cm³/mol. The zero-order valence-corrected chi connectivity index (χ0v) is 5.62. The van der Waals surface area contributed by atoms with Crippen LogP contribution in [0.1, 0.15) is 19.3 Å². The molecule has 0 aromatic carbocycles. The first-order valence-corrected chi connectivity index (χ1v) is 3.40. The van der Waals surface area contributed by atoms with Crippen molar-refractivity contribution < 1.29 is 12.9 Å². The van der Waals surface area contributed by atoms with Gasteiger partial charge in [0.05, 0.1) is 0 Å². The third-order valence-corrected chi connectivity index (χ3v) is 2.05. The van der Waals surface area contributed by atoms with Crippen LogP contribution in [-0.4, -0.2) is 6.98 Å². The first kappa shape index (κ1) is 7.70. The molecular weight excluding hydrogens is 140 g/mol. The first-order chi connectivity index (χ1) is 4.52. The lowest BCUT2D eigenvalue weighted by atomic mass is 9.65. The third kappa shape index (κ3) is 1.36. The average molecular weight is 149 g/mol. The lowest BCUT2D eigenvalue weighted by Crippen LogP contribution is -2.28. The van der Waals surface area contributed by atoms with Crippen molar-refractivity contribution in [3.8, 4) is 0 Å². The number of rotatable bonds is 2. The van der Waals surface area contributed by atoms with Gasteiger partial charge in [0, 0.05) is 0 Å². The van der Waals surface area contributed by atoms with E-state index in [1.54, 1.807) is 0 Å². The summed E-state index contributed by atoms with van der Waals surface area (Å²) in [6, 6.07) is 0. The zero-order chi connectivity index (χ0) is 7.78. The van der Waals surface area contributed by atoms with Gasteiger partial charge in [-0.1, -0.05) is 6.42 Å². The fraction of sp³-hybridized carbons (Fsp3) is 0.667. The lowest BCUT2D eigenvalue weighted by Gasteiger charge is -2.33. The van der Waals surface area contributed by atoms with E-state index in [1.165, 1.54) is 0 Å². The molecule has 0 bridgehead atoms. The Morgan fingerprint density at radius 2 is 1.80 bits per heavy atom.